The Labute approximate surface area is 285 Å². The van der Waals surface area contributed by atoms with E-state index in [-0.39, 0.29) is 43.4 Å². The molecular weight excluding hydrogens is 639 g/mol. The summed E-state index contributed by atoms with van der Waals surface area (Å²) in [5.41, 5.74) is 0.298. The molecule has 0 bridgehead atoms. The van der Waals surface area contributed by atoms with Crippen molar-refractivity contribution < 1.29 is 37.3 Å². The predicted octanol–water partition coefficient (Wildman–Crippen LogP) is 5.94. The van der Waals surface area contributed by atoms with E-state index in [4.69, 9.17) is 14.5 Å². The third-order valence-corrected chi connectivity index (χ3v) is 8.87. The molecule has 3 amide bonds. The molecule has 49 heavy (non-hydrogen) atoms. The van der Waals surface area contributed by atoms with Gasteiger partial charge in [0.15, 0.2) is 0 Å². The number of hydrogen-bond acceptors (Lipinski definition) is 6. The number of rotatable bonds is 10. The second kappa shape index (κ2) is 15.6. The number of aliphatic hydroxyl groups excluding tert-OH is 1. The van der Waals surface area contributed by atoms with Gasteiger partial charge in [-0.05, 0) is 70.2 Å². The van der Waals surface area contributed by atoms with Gasteiger partial charge in [-0.2, -0.15) is 0 Å². The van der Waals surface area contributed by atoms with E-state index in [1.165, 1.54) is 9.80 Å². The van der Waals surface area contributed by atoms with Crippen molar-refractivity contribution in [2.75, 3.05) is 39.5 Å². The van der Waals surface area contributed by atoms with Gasteiger partial charge in [-0.1, -0.05) is 30.3 Å². The van der Waals surface area contributed by atoms with E-state index >= 15 is 8.78 Å². The lowest BCUT2D eigenvalue weighted by Gasteiger charge is -2.40. The second-order valence-electron chi connectivity index (χ2n) is 14.0. The van der Waals surface area contributed by atoms with Gasteiger partial charge in [0.2, 0.25) is 0 Å². The standard InChI is InChI=1S/C36H46F3N5O5/c1-23(22-45)40-34(46)44(19-26-18-43(20-30(26)39)35(47)49-36(2,3)4)32(25-12-14-48-15-13-25)33-41-31(28-16-27(37)10-11-29(28)38)21-42(33)17-24-8-6-5-7-9-24/h5-11,16,21,23,25-26,30,32,45H,12-15,17-20,22H2,1-4H3,(H,40,46)/t23-,26?,30?,32?/m0/s1. The van der Waals surface area contributed by atoms with E-state index in [0.29, 0.717) is 38.4 Å². The summed E-state index contributed by atoms with van der Waals surface area (Å²) in [5, 5.41) is 12.6. The summed E-state index contributed by atoms with van der Waals surface area (Å²) in [6, 6.07) is 10.8. The molecule has 3 heterocycles. The Kier molecular flexibility index (Phi) is 11.5. The Balaban J connectivity index is 1.60. The molecule has 10 nitrogen and oxygen atoms in total. The smallest absolute Gasteiger partial charge is 0.410 e. The van der Waals surface area contributed by atoms with E-state index in [1.807, 2.05) is 34.9 Å². The van der Waals surface area contributed by atoms with Crippen molar-refractivity contribution in [3.05, 3.63) is 77.8 Å². The summed E-state index contributed by atoms with van der Waals surface area (Å²) in [4.78, 5) is 34.9. The van der Waals surface area contributed by atoms with Crippen LogP contribution < -0.4 is 5.32 Å². The van der Waals surface area contributed by atoms with Crippen LogP contribution in [0.15, 0.2) is 54.7 Å². The van der Waals surface area contributed by atoms with Crippen LogP contribution in [0.5, 0.6) is 0 Å². The van der Waals surface area contributed by atoms with E-state index in [2.05, 4.69) is 5.32 Å². The number of halogens is 3. The maximum Gasteiger partial charge on any atom is 0.410 e. The molecule has 2 aliphatic rings. The molecule has 4 atom stereocenters. The second-order valence-corrected chi connectivity index (χ2v) is 14.0. The van der Waals surface area contributed by atoms with E-state index < -0.39 is 53.5 Å². The van der Waals surface area contributed by atoms with Crippen LogP contribution in [0.25, 0.3) is 11.3 Å². The van der Waals surface area contributed by atoms with Crippen molar-refractivity contribution in [1.29, 1.82) is 0 Å². The van der Waals surface area contributed by atoms with Gasteiger partial charge in [0, 0.05) is 50.5 Å². The number of imidazole rings is 1. The maximum atomic E-state index is 15.8. The van der Waals surface area contributed by atoms with Crippen LogP contribution in [0.3, 0.4) is 0 Å². The van der Waals surface area contributed by atoms with Crippen molar-refractivity contribution in [3.63, 3.8) is 0 Å². The van der Waals surface area contributed by atoms with Crippen molar-refractivity contribution in [2.24, 2.45) is 11.8 Å². The van der Waals surface area contributed by atoms with Gasteiger partial charge >= 0.3 is 12.1 Å². The Hall–Kier alpha value is -4.10. The normalized spacial score (nSPS) is 19.8. The number of ether oxygens (including phenoxy) is 2. The average Bonchev–Trinajstić information content (AvgIpc) is 3.64. The van der Waals surface area contributed by atoms with E-state index in [9.17, 15) is 19.1 Å². The number of carbonyl (C=O) groups excluding carboxylic acids is 2. The van der Waals surface area contributed by atoms with Gasteiger partial charge in [-0.15, -0.1) is 0 Å². The van der Waals surface area contributed by atoms with Crippen LogP contribution in [-0.4, -0.2) is 93.9 Å². The van der Waals surface area contributed by atoms with Crippen LogP contribution in [0.4, 0.5) is 22.8 Å². The molecule has 13 heteroatoms. The van der Waals surface area contributed by atoms with E-state index in [0.717, 1.165) is 23.8 Å². The third-order valence-electron chi connectivity index (χ3n) is 8.87. The largest absolute Gasteiger partial charge is 0.444 e. The number of aromatic nitrogens is 2. The molecule has 1 aromatic heterocycles. The molecule has 2 N–H and O–H groups in total. The minimum absolute atomic E-state index is 0.0219. The molecule has 0 radical (unpaired) electrons. The van der Waals surface area contributed by atoms with Crippen molar-refractivity contribution >= 4 is 12.1 Å². The zero-order chi connectivity index (χ0) is 35.3. The first-order chi connectivity index (χ1) is 23.3. The zero-order valence-corrected chi connectivity index (χ0v) is 28.4. The van der Waals surface area contributed by atoms with Crippen LogP contribution in [0.2, 0.25) is 0 Å². The molecule has 3 unspecified atom stereocenters. The Bertz CT molecular complexity index is 1580. The highest BCUT2D eigenvalue weighted by Crippen LogP contribution is 2.38. The molecule has 0 aliphatic carbocycles. The third kappa shape index (κ3) is 9.13. The number of hydrogen-bond donors (Lipinski definition) is 2. The van der Waals surface area contributed by atoms with Crippen molar-refractivity contribution in [1.82, 2.24) is 24.7 Å². The minimum Gasteiger partial charge on any atom is -0.444 e. The SMILES string of the molecule is C[C@@H](CO)NC(=O)N(CC1CN(C(=O)OC(C)(C)C)CC1F)C(c1nc(-c2cc(F)ccc2F)cn1Cc1ccccc1)C1CCOCC1. The summed E-state index contributed by atoms with van der Waals surface area (Å²) in [7, 11) is 0. The first-order valence-electron chi connectivity index (χ1n) is 16.8. The van der Waals surface area contributed by atoms with Gasteiger partial charge in [0.1, 0.15) is 29.2 Å². The molecule has 0 spiro atoms. The number of nitrogens with zero attached hydrogens (tertiary/aromatic N) is 4. The zero-order valence-electron chi connectivity index (χ0n) is 28.4. The molecule has 5 rings (SSSR count). The Morgan fingerprint density at radius 1 is 1.12 bits per heavy atom. The number of carbonyl (C=O) groups is 2. The predicted molar refractivity (Wildman–Crippen MR) is 177 cm³/mol. The lowest BCUT2D eigenvalue weighted by molar-refractivity contribution is 0.0234. The summed E-state index contributed by atoms with van der Waals surface area (Å²) in [5.74, 6) is -1.83. The summed E-state index contributed by atoms with van der Waals surface area (Å²) < 4.78 is 58.4. The van der Waals surface area contributed by atoms with Crippen LogP contribution in [0, 0.1) is 23.5 Å². The summed E-state index contributed by atoms with van der Waals surface area (Å²) in [6.07, 6.45) is 0.675. The fraction of sp³-hybridized carbons (Fsp3) is 0.528. The van der Waals surface area contributed by atoms with Gasteiger partial charge in [0.05, 0.1) is 30.9 Å². The van der Waals surface area contributed by atoms with E-state index in [1.54, 1.807) is 33.9 Å². The summed E-state index contributed by atoms with van der Waals surface area (Å²) in [6.45, 7) is 7.45. The number of nitrogens with one attached hydrogen (secondary N) is 1. The molecule has 0 saturated carbocycles. The average molecular weight is 686 g/mol. The van der Waals surface area contributed by atoms with Crippen LogP contribution in [-0.2, 0) is 16.0 Å². The number of urea groups is 1. The highest BCUT2D eigenvalue weighted by molar-refractivity contribution is 5.75. The number of alkyl halides is 1. The summed E-state index contributed by atoms with van der Waals surface area (Å²) >= 11 is 0. The molecule has 2 saturated heterocycles. The Morgan fingerprint density at radius 2 is 1.84 bits per heavy atom. The highest BCUT2D eigenvalue weighted by Gasteiger charge is 2.43. The van der Waals surface area contributed by atoms with Crippen molar-refractivity contribution in [2.45, 2.75) is 70.9 Å². The van der Waals surface area contributed by atoms with Crippen LogP contribution in [0.1, 0.15) is 58.0 Å². The molecule has 2 aromatic carbocycles. The molecule has 3 aromatic rings. The maximum absolute atomic E-state index is 15.8. The van der Waals surface area contributed by atoms with Gasteiger partial charge in [-0.25, -0.2) is 27.7 Å². The van der Waals surface area contributed by atoms with Gasteiger partial charge in [-0.3, -0.25) is 0 Å². The number of likely N-dealkylation sites (tertiary alicyclic amines) is 1. The number of benzene rings is 2. The monoisotopic (exact) mass is 685 g/mol. The first kappa shape index (κ1) is 36.2. The lowest BCUT2D eigenvalue weighted by Crippen LogP contribution is -2.51. The van der Waals surface area contributed by atoms with Crippen LogP contribution >= 0.6 is 0 Å². The fourth-order valence-electron chi connectivity index (χ4n) is 6.43. The Morgan fingerprint density at radius 3 is 2.51 bits per heavy atom. The fourth-order valence-corrected chi connectivity index (χ4v) is 6.43. The van der Waals surface area contributed by atoms with Gasteiger partial charge < -0.3 is 34.3 Å². The highest BCUT2D eigenvalue weighted by atomic mass is 19.1. The first-order valence-corrected chi connectivity index (χ1v) is 16.8. The number of amides is 3. The molecule has 2 aliphatic heterocycles. The molecule has 266 valence electrons. The number of aliphatic hydroxyl groups is 1. The minimum atomic E-state index is -1.45. The molecular formula is C36H46F3N5O5. The topological polar surface area (TPSA) is 109 Å². The quantitative estimate of drug-likeness (QED) is 0.274. The van der Waals surface area contributed by atoms with Crippen molar-refractivity contribution in [3.8, 4) is 11.3 Å². The lowest BCUT2D eigenvalue weighted by atomic mass is 9.89. The van der Waals surface area contributed by atoms with Gasteiger partial charge in [0.25, 0.3) is 0 Å². The molecule has 2 fully saturated rings.